The molecule has 7 heteroatoms. The van der Waals surface area contributed by atoms with Gasteiger partial charge in [-0.05, 0) is 36.8 Å². The first-order valence-electron chi connectivity index (χ1n) is 7.55. The summed E-state index contributed by atoms with van der Waals surface area (Å²) >= 11 is 6.02. The van der Waals surface area contributed by atoms with E-state index in [4.69, 9.17) is 11.6 Å². The van der Waals surface area contributed by atoms with Gasteiger partial charge in [0.05, 0.1) is 17.3 Å². The van der Waals surface area contributed by atoms with Crippen LogP contribution in [0.25, 0.3) is 0 Å². The van der Waals surface area contributed by atoms with Gasteiger partial charge in [0, 0.05) is 10.7 Å². The Morgan fingerprint density at radius 3 is 2.68 bits per heavy atom. The Morgan fingerprint density at radius 2 is 1.96 bits per heavy atom. The fraction of sp³-hybridized carbons (Fsp3) is 0.111. The highest BCUT2D eigenvalue weighted by atomic mass is 35.5. The van der Waals surface area contributed by atoms with Gasteiger partial charge in [0.15, 0.2) is 0 Å². The number of benzene rings is 2. The predicted molar refractivity (Wildman–Crippen MR) is 93.6 cm³/mol. The van der Waals surface area contributed by atoms with Gasteiger partial charge in [0.1, 0.15) is 5.82 Å². The van der Waals surface area contributed by atoms with Crippen molar-refractivity contribution in [3.05, 3.63) is 76.2 Å². The summed E-state index contributed by atoms with van der Waals surface area (Å²) in [5, 5.41) is 8.29. The highest BCUT2D eigenvalue weighted by molar-refractivity contribution is 6.30. The molecule has 1 aliphatic heterocycles. The van der Waals surface area contributed by atoms with Gasteiger partial charge in [-0.2, -0.15) is 0 Å². The van der Waals surface area contributed by atoms with Gasteiger partial charge in [-0.3, -0.25) is 4.79 Å². The molecule has 0 radical (unpaired) electrons. The third-order valence-corrected chi connectivity index (χ3v) is 4.05. The lowest BCUT2D eigenvalue weighted by Gasteiger charge is -2.28. The van der Waals surface area contributed by atoms with E-state index >= 15 is 0 Å². The first-order valence-corrected chi connectivity index (χ1v) is 7.93. The van der Waals surface area contributed by atoms with Crippen LogP contribution in [0, 0.1) is 5.82 Å². The molecular formula is C18H15ClFN3O2. The van der Waals surface area contributed by atoms with Gasteiger partial charge in [0.25, 0.3) is 5.91 Å². The number of amides is 3. The van der Waals surface area contributed by atoms with Crippen LogP contribution in [0.5, 0.6) is 0 Å². The van der Waals surface area contributed by atoms with Crippen LogP contribution in [-0.2, 0) is 4.79 Å². The molecule has 25 heavy (non-hydrogen) atoms. The Hall–Kier alpha value is -2.86. The number of hydrogen-bond donors (Lipinski definition) is 3. The molecule has 2 aromatic carbocycles. The number of halogens is 2. The molecule has 0 aromatic heterocycles. The van der Waals surface area contributed by atoms with Crippen LogP contribution in [0.1, 0.15) is 18.5 Å². The van der Waals surface area contributed by atoms with Crippen molar-refractivity contribution in [3.63, 3.8) is 0 Å². The maximum atomic E-state index is 13.8. The van der Waals surface area contributed by atoms with Crippen LogP contribution in [-0.4, -0.2) is 11.9 Å². The van der Waals surface area contributed by atoms with Crippen molar-refractivity contribution in [2.45, 2.75) is 13.0 Å². The van der Waals surface area contributed by atoms with Crippen LogP contribution >= 0.6 is 11.6 Å². The van der Waals surface area contributed by atoms with Gasteiger partial charge >= 0.3 is 6.03 Å². The summed E-state index contributed by atoms with van der Waals surface area (Å²) in [6.07, 6.45) is 0. The minimum atomic E-state index is -0.695. The average Bonchev–Trinajstić information content (AvgIpc) is 2.56. The minimum Gasteiger partial charge on any atom is -0.327 e. The number of allylic oxidation sites excluding steroid dienone is 1. The molecule has 1 aliphatic rings. The predicted octanol–water partition coefficient (Wildman–Crippen LogP) is 3.75. The zero-order chi connectivity index (χ0) is 18.0. The number of hydrogen-bond acceptors (Lipinski definition) is 2. The Morgan fingerprint density at radius 1 is 1.20 bits per heavy atom. The summed E-state index contributed by atoms with van der Waals surface area (Å²) in [7, 11) is 0. The number of anilines is 1. The zero-order valence-electron chi connectivity index (χ0n) is 13.3. The van der Waals surface area contributed by atoms with E-state index in [0.717, 1.165) is 0 Å². The fourth-order valence-electron chi connectivity index (χ4n) is 2.68. The van der Waals surface area contributed by atoms with Crippen molar-refractivity contribution < 1.29 is 14.0 Å². The van der Waals surface area contributed by atoms with E-state index in [2.05, 4.69) is 16.0 Å². The number of para-hydroxylation sites is 1. The molecule has 5 nitrogen and oxygen atoms in total. The van der Waals surface area contributed by atoms with Crippen molar-refractivity contribution in [1.29, 1.82) is 0 Å². The molecule has 3 amide bonds. The standard InChI is InChI=1S/C18H15ClFN3O2/c1-10-15(17(24)22-14-8-3-2-7-13(14)20)16(23-18(25)21-10)11-5-4-6-12(19)9-11/h2-9,16H,1H3,(H,22,24)(H2,21,23,25)/t16-/m0/s1. The second kappa shape index (κ2) is 6.94. The number of nitrogens with one attached hydrogen (secondary N) is 3. The Balaban J connectivity index is 1.97. The summed E-state index contributed by atoms with van der Waals surface area (Å²) in [4.78, 5) is 24.6. The second-order valence-corrected chi connectivity index (χ2v) is 6.00. The monoisotopic (exact) mass is 359 g/mol. The first kappa shape index (κ1) is 17.0. The molecule has 0 fully saturated rings. The van der Waals surface area contributed by atoms with Crippen molar-refractivity contribution in [3.8, 4) is 0 Å². The molecular weight excluding hydrogens is 345 g/mol. The van der Waals surface area contributed by atoms with Crippen LogP contribution in [0.4, 0.5) is 14.9 Å². The first-order chi connectivity index (χ1) is 12.0. The third-order valence-electron chi connectivity index (χ3n) is 3.82. The van der Waals surface area contributed by atoms with Crippen LogP contribution < -0.4 is 16.0 Å². The summed E-state index contributed by atoms with van der Waals surface area (Å²) < 4.78 is 13.8. The van der Waals surface area contributed by atoms with E-state index in [-0.39, 0.29) is 11.3 Å². The van der Waals surface area contributed by atoms with Crippen molar-refractivity contribution in [1.82, 2.24) is 10.6 Å². The molecule has 0 unspecified atom stereocenters. The largest absolute Gasteiger partial charge is 0.327 e. The smallest absolute Gasteiger partial charge is 0.319 e. The molecule has 1 atom stereocenters. The highest BCUT2D eigenvalue weighted by Crippen LogP contribution is 2.29. The molecule has 2 aromatic rings. The molecule has 128 valence electrons. The van der Waals surface area contributed by atoms with E-state index in [0.29, 0.717) is 16.3 Å². The lowest BCUT2D eigenvalue weighted by molar-refractivity contribution is -0.113. The van der Waals surface area contributed by atoms with Gasteiger partial charge in [-0.15, -0.1) is 0 Å². The minimum absolute atomic E-state index is 0.0644. The van der Waals surface area contributed by atoms with Crippen LogP contribution in [0.3, 0.4) is 0 Å². The third kappa shape index (κ3) is 3.64. The summed E-state index contributed by atoms with van der Waals surface area (Å²) in [6, 6.07) is 11.6. The van der Waals surface area contributed by atoms with E-state index in [1.807, 2.05) is 0 Å². The molecule has 0 saturated carbocycles. The van der Waals surface area contributed by atoms with Crippen molar-refractivity contribution >= 4 is 29.2 Å². The molecule has 0 aliphatic carbocycles. The van der Waals surface area contributed by atoms with Crippen LogP contribution in [0.2, 0.25) is 5.02 Å². The number of rotatable bonds is 3. The Kier molecular flexibility index (Phi) is 4.72. The van der Waals surface area contributed by atoms with Crippen molar-refractivity contribution in [2.24, 2.45) is 0 Å². The van der Waals surface area contributed by atoms with E-state index in [1.54, 1.807) is 37.3 Å². The van der Waals surface area contributed by atoms with Crippen molar-refractivity contribution in [2.75, 3.05) is 5.32 Å². The number of urea groups is 1. The zero-order valence-corrected chi connectivity index (χ0v) is 14.0. The molecule has 3 rings (SSSR count). The summed E-state index contributed by atoms with van der Waals surface area (Å²) in [5.41, 5.74) is 1.39. The molecule has 0 saturated heterocycles. The molecule has 1 heterocycles. The lowest BCUT2D eigenvalue weighted by Crippen LogP contribution is -2.46. The van der Waals surface area contributed by atoms with E-state index in [9.17, 15) is 14.0 Å². The maximum Gasteiger partial charge on any atom is 0.319 e. The summed E-state index contributed by atoms with van der Waals surface area (Å²) in [5.74, 6) is -1.05. The van der Waals surface area contributed by atoms with E-state index < -0.39 is 23.8 Å². The second-order valence-electron chi connectivity index (χ2n) is 5.56. The number of carbonyl (C=O) groups is 2. The SMILES string of the molecule is CC1=C(C(=O)Nc2ccccc2F)[C@H](c2cccc(Cl)c2)NC(=O)N1. The van der Waals surface area contributed by atoms with Gasteiger partial charge < -0.3 is 16.0 Å². The summed E-state index contributed by atoms with van der Waals surface area (Å²) in [6.45, 7) is 1.62. The molecule has 3 N–H and O–H groups in total. The van der Waals surface area contributed by atoms with E-state index in [1.165, 1.54) is 18.2 Å². The topological polar surface area (TPSA) is 70.2 Å². The normalized spacial score (nSPS) is 16.9. The molecule has 0 spiro atoms. The maximum absolute atomic E-state index is 13.8. The Bertz CT molecular complexity index is 882. The highest BCUT2D eigenvalue weighted by Gasteiger charge is 2.31. The Labute approximate surface area is 148 Å². The van der Waals surface area contributed by atoms with Gasteiger partial charge in [-0.25, -0.2) is 9.18 Å². The van der Waals surface area contributed by atoms with Gasteiger partial charge in [-0.1, -0.05) is 35.9 Å². The quantitative estimate of drug-likeness (QED) is 0.781. The van der Waals surface area contributed by atoms with Crippen LogP contribution in [0.15, 0.2) is 59.8 Å². The van der Waals surface area contributed by atoms with Gasteiger partial charge in [0.2, 0.25) is 0 Å². The molecule has 0 bridgehead atoms. The average molecular weight is 360 g/mol. The number of carbonyl (C=O) groups excluding carboxylic acids is 2. The fourth-order valence-corrected chi connectivity index (χ4v) is 2.88. The lowest BCUT2D eigenvalue weighted by atomic mass is 9.95.